The van der Waals surface area contributed by atoms with Gasteiger partial charge in [-0.1, -0.05) is 30.3 Å². The van der Waals surface area contributed by atoms with E-state index in [0.717, 1.165) is 24.7 Å². The molecule has 106 valence electrons. The van der Waals surface area contributed by atoms with Crippen LogP contribution in [0.15, 0.2) is 36.5 Å². The van der Waals surface area contributed by atoms with E-state index in [9.17, 15) is 0 Å². The summed E-state index contributed by atoms with van der Waals surface area (Å²) in [4.78, 5) is 8.41. The van der Waals surface area contributed by atoms with Crippen LogP contribution < -0.4 is 0 Å². The lowest BCUT2D eigenvalue weighted by Gasteiger charge is -2.14. The first kappa shape index (κ1) is 13.7. The Morgan fingerprint density at radius 2 is 2.20 bits per heavy atom. The molecule has 1 aromatic heterocycles. The van der Waals surface area contributed by atoms with E-state index < -0.39 is 0 Å². The third-order valence-corrected chi connectivity index (χ3v) is 4.76. The first-order valence-corrected chi connectivity index (χ1v) is 7.88. The monoisotopic (exact) mass is 288 g/mol. The van der Waals surface area contributed by atoms with Crippen LogP contribution in [0, 0.1) is 5.92 Å². The number of thiazole rings is 1. The van der Waals surface area contributed by atoms with Crippen LogP contribution in [0.3, 0.4) is 0 Å². The number of likely N-dealkylation sites (tertiary alicyclic amines) is 1. The standard InChI is InChI=1S/C16H20N2OS/c1-19-12-13-7-8-18(10-13)11-15-9-17-16(20-15)14-5-3-2-4-6-14/h2-6,9,13H,7-8,10-12H2,1H3/t13-/m1/s1. The van der Waals surface area contributed by atoms with Gasteiger partial charge in [-0.2, -0.15) is 0 Å². The van der Waals surface area contributed by atoms with E-state index in [2.05, 4.69) is 34.1 Å². The molecule has 0 unspecified atom stereocenters. The molecule has 0 amide bonds. The molecular formula is C16H20N2OS. The molecule has 1 aliphatic heterocycles. The van der Waals surface area contributed by atoms with Crippen molar-refractivity contribution in [1.29, 1.82) is 0 Å². The summed E-state index contributed by atoms with van der Waals surface area (Å²) in [5, 5.41) is 1.12. The minimum atomic E-state index is 0.696. The summed E-state index contributed by atoms with van der Waals surface area (Å²) in [7, 11) is 1.79. The highest BCUT2D eigenvalue weighted by Gasteiger charge is 2.22. The number of rotatable bonds is 5. The van der Waals surface area contributed by atoms with E-state index in [4.69, 9.17) is 4.74 Å². The van der Waals surface area contributed by atoms with Gasteiger partial charge in [0.25, 0.3) is 0 Å². The van der Waals surface area contributed by atoms with Crippen LogP contribution in [0.2, 0.25) is 0 Å². The molecule has 3 rings (SSSR count). The maximum absolute atomic E-state index is 5.25. The minimum absolute atomic E-state index is 0.696. The second-order valence-electron chi connectivity index (χ2n) is 5.34. The van der Waals surface area contributed by atoms with Crippen LogP contribution in [0.5, 0.6) is 0 Å². The Balaban J connectivity index is 1.61. The SMILES string of the molecule is COC[C@@H]1CCN(Cc2cnc(-c3ccccc3)s2)C1. The molecule has 2 heterocycles. The zero-order valence-corrected chi connectivity index (χ0v) is 12.6. The Hall–Kier alpha value is -1.23. The summed E-state index contributed by atoms with van der Waals surface area (Å²) in [6.07, 6.45) is 3.27. The topological polar surface area (TPSA) is 25.4 Å². The largest absolute Gasteiger partial charge is 0.384 e. The van der Waals surface area contributed by atoms with Crippen molar-refractivity contribution in [3.63, 3.8) is 0 Å². The molecule has 1 atom stereocenters. The predicted molar refractivity (Wildman–Crippen MR) is 82.8 cm³/mol. The molecule has 1 aromatic carbocycles. The van der Waals surface area contributed by atoms with Crippen molar-refractivity contribution in [2.24, 2.45) is 5.92 Å². The van der Waals surface area contributed by atoms with Crippen LogP contribution in [0.25, 0.3) is 10.6 Å². The van der Waals surface area contributed by atoms with Crippen LogP contribution in [-0.4, -0.2) is 36.7 Å². The Morgan fingerprint density at radius 3 is 3.00 bits per heavy atom. The van der Waals surface area contributed by atoms with Gasteiger partial charge in [-0.05, 0) is 18.9 Å². The molecule has 0 N–H and O–H groups in total. The van der Waals surface area contributed by atoms with Gasteiger partial charge in [0.2, 0.25) is 0 Å². The number of hydrogen-bond acceptors (Lipinski definition) is 4. The predicted octanol–water partition coefficient (Wildman–Crippen LogP) is 3.28. The highest BCUT2D eigenvalue weighted by Crippen LogP contribution is 2.27. The maximum Gasteiger partial charge on any atom is 0.123 e. The van der Waals surface area contributed by atoms with Crippen molar-refractivity contribution in [3.05, 3.63) is 41.4 Å². The quantitative estimate of drug-likeness (QED) is 0.844. The zero-order chi connectivity index (χ0) is 13.8. The Bertz CT molecular complexity index is 540. The van der Waals surface area contributed by atoms with Crippen LogP contribution in [0.1, 0.15) is 11.3 Å². The third-order valence-electron chi connectivity index (χ3n) is 3.73. The second-order valence-corrected chi connectivity index (χ2v) is 6.46. The molecule has 0 bridgehead atoms. The number of nitrogens with zero attached hydrogens (tertiary/aromatic N) is 2. The van der Waals surface area contributed by atoms with E-state index in [-0.39, 0.29) is 0 Å². The lowest BCUT2D eigenvalue weighted by Crippen LogP contribution is -2.20. The third kappa shape index (κ3) is 3.26. The fourth-order valence-electron chi connectivity index (χ4n) is 2.74. The van der Waals surface area contributed by atoms with Gasteiger partial charge in [0.1, 0.15) is 5.01 Å². The van der Waals surface area contributed by atoms with E-state index in [1.165, 1.54) is 23.4 Å². The second kappa shape index (κ2) is 6.48. The van der Waals surface area contributed by atoms with Crippen molar-refractivity contribution in [2.75, 3.05) is 26.8 Å². The van der Waals surface area contributed by atoms with Crippen molar-refractivity contribution in [2.45, 2.75) is 13.0 Å². The van der Waals surface area contributed by atoms with E-state index in [1.807, 2.05) is 12.3 Å². The molecule has 0 spiro atoms. The van der Waals surface area contributed by atoms with Gasteiger partial charge in [-0.25, -0.2) is 4.98 Å². The highest BCUT2D eigenvalue weighted by molar-refractivity contribution is 7.15. The van der Waals surface area contributed by atoms with Gasteiger partial charge >= 0.3 is 0 Å². The number of methoxy groups -OCH3 is 1. The number of hydrogen-bond donors (Lipinski definition) is 0. The van der Waals surface area contributed by atoms with Gasteiger partial charge < -0.3 is 4.74 Å². The van der Waals surface area contributed by atoms with Crippen LogP contribution >= 0.6 is 11.3 Å². The average Bonchev–Trinajstić information content (AvgIpc) is 3.11. The van der Waals surface area contributed by atoms with Crippen molar-refractivity contribution < 1.29 is 4.74 Å². The zero-order valence-electron chi connectivity index (χ0n) is 11.8. The van der Waals surface area contributed by atoms with Gasteiger partial charge in [-0.15, -0.1) is 11.3 Å². The fraction of sp³-hybridized carbons (Fsp3) is 0.438. The normalized spacial score (nSPS) is 19.6. The van der Waals surface area contributed by atoms with Crippen LogP contribution in [-0.2, 0) is 11.3 Å². The van der Waals surface area contributed by atoms with Gasteiger partial charge in [-0.3, -0.25) is 4.90 Å². The van der Waals surface area contributed by atoms with Crippen molar-refractivity contribution in [1.82, 2.24) is 9.88 Å². The highest BCUT2D eigenvalue weighted by atomic mass is 32.1. The summed E-state index contributed by atoms with van der Waals surface area (Å²) in [5.74, 6) is 0.696. The molecule has 1 aliphatic rings. The molecule has 1 saturated heterocycles. The molecule has 0 aliphatic carbocycles. The van der Waals surface area contributed by atoms with Crippen molar-refractivity contribution in [3.8, 4) is 10.6 Å². The molecule has 4 heteroatoms. The number of benzene rings is 1. The van der Waals surface area contributed by atoms with Gasteiger partial charge in [0, 0.05) is 36.8 Å². The summed E-state index contributed by atoms with van der Waals surface area (Å²) >= 11 is 1.80. The fourth-order valence-corrected chi connectivity index (χ4v) is 3.70. The molecule has 20 heavy (non-hydrogen) atoms. The first-order valence-electron chi connectivity index (χ1n) is 7.06. The van der Waals surface area contributed by atoms with Gasteiger partial charge in [0.05, 0.1) is 6.61 Å². The Morgan fingerprint density at radius 1 is 1.35 bits per heavy atom. The molecule has 1 fully saturated rings. The van der Waals surface area contributed by atoms with E-state index in [1.54, 1.807) is 18.4 Å². The van der Waals surface area contributed by atoms with Crippen LogP contribution in [0.4, 0.5) is 0 Å². The summed E-state index contributed by atoms with van der Waals surface area (Å²) in [6.45, 7) is 4.22. The molecule has 0 saturated carbocycles. The number of aromatic nitrogens is 1. The Kier molecular flexibility index (Phi) is 4.45. The van der Waals surface area contributed by atoms with E-state index >= 15 is 0 Å². The molecule has 3 nitrogen and oxygen atoms in total. The average molecular weight is 288 g/mol. The lowest BCUT2D eigenvalue weighted by atomic mass is 10.1. The summed E-state index contributed by atoms with van der Waals surface area (Å²) in [5.41, 5.74) is 1.21. The Labute approximate surface area is 124 Å². The summed E-state index contributed by atoms with van der Waals surface area (Å²) < 4.78 is 5.25. The maximum atomic E-state index is 5.25. The molecular weight excluding hydrogens is 268 g/mol. The van der Waals surface area contributed by atoms with Crippen molar-refractivity contribution >= 4 is 11.3 Å². The molecule has 2 aromatic rings. The smallest absolute Gasteiger partial charge is 0.123 e. The number of ether oxygens (including phenoxy) is 1. The van der Waals surface area contributed by atoms with Gasteiger partial charge in [0.15, 0.2) is 0 Å². The van der Waals surface area contributed by atoms with E-state index in [0.29, 0.717) is 5.92 Å². The molecule has 0 radical (unpaired) electrons. The first-order chi connectivity index (χ1) is 9.85. The summed E-state index contributed by atoms with van der Waals surface area (Å²) in [6, 6.07) is 10.4. The lowest BCUT2D eigenvalue weighted by molar-refractivity contribution is 0.153. The minimum Gasteiger partial charge on any atom is -0.384 e.